The van der Waals surface area contributed by atoms with E-state index in [2.05, 4.69) is 25.7 Å². The topological polar surface area (TPSA) is 79.2 Å². The molecule has 0 spiro atoms. The summed E-state index contributed by atoms with van der Waals surface area (Å²) in [6.45, 7) is 10.0. The zero-order chi connectivity index (χ0) is 20.9. The molecule has 0 aliphatic heterocycles. The molecule has 0 radical (unpaired) electrons. The number of anilines is 1. The average Bonchev–Trinajstić information content (AvgIpc) is 2.66. The van der Waals surface area contributed by atoms with Gasteiger partial charge in [-0.15, -0.1) is 0 Å². The molecule has 0 fully saturated rings. The van der Waals surface area contributed by atoms with Crippen molar-refractivity contribution in [3.63, 3.8) is 0 Å². The van der Waals surface area contributed by atoms with Gasteiger partial charge in [-0.3, -0.25) is 4.79 Å². The van der Waals surface area contributed by atoms with E-state index >= 15 is 0 Å². The van der Waals surface area contributed by atoms with Crippen LogP contribution in [-0.4, -0.2) is 18.5 Å². The van der Waals surface area contributed by atoms with Gasteiger partial charge in [0.15, 0.2) is 0 Å². The number of carbonyl (C=O) groups excluding carboxylic acids is 2. The predicted octanol–water partition coefficient (Wildman–Crippen LogP) is 5.26. The smallest absolute Gasteiger partial charge is 0.348 e. The van der Waals surface area contributed by atoms with Crippen molar-refractivity contribution in [1.29, 1.82) is 5.26 Å². The highest BCUT2D eigenvalue weighted by atomic mass is 16.5. The Morgan fingerprint density at radius 1 is 1.29 bits per heavy atom. The molecule has 0 aromatic heterocycles. The number of amides is 1. The Bertz CT molecular complexity index is 742. The molecule has 0 saturated carbocycles. The number of esters is 1. The molecule has 1 rings (SSSR count). The van der Waals surface area contributed by atoms with E-state index in [-0.39, 0.29) is 17.9 Å². The second-order valence-corrected chi connectivity index (χ2v) is 6.99. The van der Waals surface area contributed by atoms with Crippen LogP contribution in [0.2, 0.25) is 0 Å². The quantitative estimate of drug-likeness (QED) is 0.245. The molecule has 1 atom stereocenters. The minimum absolute atomic E-state index is 0.0376. The molecule has 150 valence electrons. The Morgan fingerprint density at radius 3 is 2.50 bits per heavy atom. The Labute approximate surface area is 168 Å². The number of benzene rings is 1. The Morgan fingerprint density at radius 2 is 1.96 bits per heavy atom. The van der Waals surface area contributed by atoms with Crippen LogP contribution < -0.4 is 5.32 Å². The van der Waals surface area contributed by atoms with Crippen LogP contribution >= 0.6 is 0 Å². The van der Waals surface area contributed by atoms with Gasteiger partial charge in [0.2, 0.25) is 5.91 Å². The largest absolute Gasteiger partial charge is 0.461 e. The summed E-state index contributed by atoms with van der Waals surface area (Å²) in [5.41, 5.74) is 2.08. The molecule has 1 aromatic rings. The zero-order valence-electron chi connectivity index (χ0n) is 17.1. The summed E-state index contributed by atoms with van der Waals surface area (Å²) in [4.78, 5) is 24.0. The first-order chi connectivity index (χ1) is 13.4. The number of ether oxygens (including phenoxy) is 1. The fourth-order valence-electron chi connectivity index (χ4n) is 2.61. The highest BCUT2D eigenvalue weighted by molar-refractivity contribution is 5.98. The van der Waals surface area contributed by atoms with E-state index in [4.69, 9.17) is 4.74 Å². The summed E-state index contributed by atoms with van der Waals surface area (Å²) >= 11 is 0. The number of hydrogen-bond donors (Lipinski definition) is 1. The SMILES string of the molecule is C=C(C)CC(=O)Nc1ccc(/C=C(\C#N)C(=O)OCC(CC)CCCC)cc1. The van der Waals surface area contributed by atoms with Gasteiger partial charge in [-0.1, -0.05) is 57.4 Å². The van der Waals surface area contributed by atoms with Crippen molar-refractivity contribution < 1.29 is 14.3 Å². The predicted molar refractivity (Wildman–Crippen MR) is 112 cm³/mol. The van der Waals surface area contributed by atoms with Crippen molar-refractivity contribution in [2.45, 2.75) is 52.9 Å². The maximum atomic E-state index is 12.2. The minimum atomic E-state index is -0.601. The molecule has 0 aliphatic carbocycles. The fourth-order valence-corrected chi connectivity index (χ4v) is 2.61. The van der Waals surface area contributed by atoms with Crippen LogP contribution in [0.15, 0.2) is 42.0 Å². The summed E-state index contributed by atoms with van der Waals surface area (Å²) in [6.07, 6.45) is 5.93. The lowest BCUT2D eigenvalue weighted by Crippen LogP contribution is -2.15. The van der Waals surface area contributed by atoms with E-state index in [1.807, 2.05) is 6.07 Å². The molecule has 0 aliphatic rings. The Kier molecular flexibility index (Phi) is 10.3. The normalized spacial score (nSPS) is 12.0. The number of rotatable bonds is 11. The van der Waals surface area contributed by atoms with E-state index in [0.717, 1.165) is 31.3 Å². The number of nitrogens with one attached hydrogen (secondary N) is 1. The standard InChI is InChI=1S/C23H30N2O3/c1-5-7-8-18(6-2)16-28-23(27)20(15-24)14-19-9-11-21(12-10-19)25-22(26)13-17(3)4/h9-12,14,18H,3,5-8,13,16H2,1-2,4H3,(H,25,26)/b20-14+. The van der Waals surface area contributed by atoms with Gasteiger partial charge in [-0.2, -0.15) is 5.26 Å². The summed E-state index contributed by atoms with van der Waals surface area (Å²) < 4.78 is 5.34. The number of nitrogens with zero attached hydrogens (tertiary/aromatic N) is 1. The summed E-state index contributed by atoms with van der Waals surface area (Å²) in [5.74, 6) is -0.409. The molecule has 0 heterocycles. The van der Waals surface area contributed by atoms with Crippen LogP contribution in [0.5, 0.6) is 0 Å². The van der Waals surface area contributed by atoms with E-state index < -0.39 is 5.97 Å². The first-order valence-electron chi connectivity index (χ1n) is 9.72. The molecule has 1 unspecified atom stereocenters. The average molecular weight is 383 g/mol. The fraction of sp³-hybridized carbons (Fsp3) is 0.435. The highest BCUT2D eigenvalue weighted by Gasteiger charge is 2.14. The lowest BCUT2D eigenvalue weighted by atomic mass is 10.0. The molecule has 28 heavy (non-hydrogen) atoms. The van der Waals surface area contributed by atoms with E-state index in [1.165, 1.54) is 6.08 Å². The van der Waals surface area contributed by atoms with Crippen LogP contribution in [0, 0.1) is 17.2 Å². The molecule has 1 aromatic carbocycles. The van der Waals surface area contributed by atoms with Gasteiger partial charge in [-0.05, 0) is 43.0 Å². The van der Waals surface area contributed by atoms with Gasteiger partial charge in [-0.25, -0.2) is 4.79 Å². The van der Waals surface area contributed by atoms with Crippen LogP contribution in [0.3, 0.4) is 0 Å². The first kappa shape index (κ1) is 23.2. The Hall–Kier alpha value is -2.87. The maximum absolute atomic E-state index is 12.2. The van der Waals surface area contributed by atoms with Crippen LogP contribution in [0.4, 0.5) is 5.69 Å². The number of unbranched alkanes of at least 4 members (excludes halogenated alkanes) is 1. The Balaban J connectivity index is 2.70. The summed E-state index contributed by atoms with van der Waals surface area (Å²) in [7, 11) is 0. The third-order valence-electron chi connectivity index (χ3n) is 4.30. The van der Waals surface area contributed by atoms with Gasteiger partial charge in [0.1, 0.15) is 11.6 Å². The van der Waals surface area contributed by atoms with Crippen molar-refractivity contribution in [3.05, 3.63) is 47.6 Å². The third-order valence-corrected chi connectivity index (χ3v) is 4.30. The maximum Gasteiger partial charge on any atom is 0.348 e. The van der Waals surface area contributed by atoms with Gasteiger partial charge in [0.05, 0.1) is 6.61 Å². The van der Waals surface area contributed by atoms with Crippen LogP contribution in [-0.2, 0) is 14.3 Å². The van der Waals surface area contributed by atoms with Crippen molar-refractivity contribution >= 4 is 23.6 Å². The van der Waals surface area contributed by atoms with Crippen molar-refractivity contribution in [1.82, 2.24) is 0 Å². The summed E-state index contributed by atoms with van der Waals surface area (Å²) in [6, 6.07) is 8.82. The molecular weight excluding hydrogens is 352 g/mol. The van der Waals surface area contributed by atoms with Crippen LogP contribution in [0.1, 0.15) is 58.4 Å². The molecule has 1 N–H and O–H groups in total. The molecule has 1 amide bonds. The van der Waals surface area contributed by atoms with E-state index in [9.17, 15) is 14.9 Å². The van der Waals surface area contributed by atoms with Gasteiger partial charge < -0.3 is 10.1 Å². The van der Waals surface area contributed by atoms with Gasteiger partial charge in [0, 0.05) is 12.1 Å². The molecule has 5 heteroatoms. The van der Waals surface area contributed by atoms with Crippen molar-refractivity contribution in [2.75, 3.05) is 11.9 Å². The lowest BCUT2D eigenvalue weighted by Gasteiger charge is -2.14. The molecular formula is C23H30N2O3. The number of nitriles is 1. The molecule has 0 saturated heterocycles. The minimum Gasteiger partial charge on any atom is -0.461 e. The summed E-state index contributed by atoms with van der Waals surface area (Å²) in [5, 5.41) is 12.1. The zero-order valence-corrected chi connectivity index (χ0v) is 17.1. The van der Waals surface area contributed by atoms with E-state index in [1.54, 1.807) is 31.2 Å². The number of hydrogen-bond acceptors (Lipinski definition) is 4. The van der Waals surface area contributed by atoms with Crippen molar-refractivity contribution in [2.24, 2.45) is 5.92 Å². The second kappa shape index (κ2) is 12.5. The molecule has 5 nitrogen and oxygen atoms in total. The third kappa shape index (κ3) is 8.68. The van der Waals surface area contributed by atoms with Gasteiger partial charge in [0.25, 0.3) is 0 Å². The van der Waals surface area contributed by atoms with Crippen LogP contribution in [0.25, 0.3) is 6.08 Å². The first-order valence-corrected chi connectivity index (χ1v) is 9.72. The van der Waals surface area contributed by atoms with Gasteiger partial charge >= 0.3 is 5.97 Å². The monoisotopic (exact) mass is 382 g/mol. The molecule has 0 bridgehead atoms. The number of carbonyl (C=O) groups is 2. The highest BCUT2D eigenvalue weighted by Crippen LogP contribution is 2.16. The second-order valence-electron chi connectivity index (χ2n) is 6.99. The lowest BCUT2D eigenvalue weighted by molar-refractivity contribution is -0.139. The van der Waals surface area contributed by atoms with E-state index in [0.29, 0.717) is 23.8 Å². The van der Waals surface area contributed by atoms with Crippen molar-refractivity contribution in [3.8, 4) is 6.07 Å².